The van der Waals surface area contributed by atoms with Crippen molar-refractivity contribution in [2.45, 2.75) is 133 Å². The van der Waals surface area contributed by atoms with Gasteiger partial charge in [-0.25, -0.2) is 18.2 Å². The highest BCUT2D eigenvalue weighted by Crippen LogP contribution is 2.48. The number of sulfonamides is 1. The van der Waals surface area contributed by atoms with Crippen LogP contribution < -0.4 is 30.1 Å². The van der Waals surface area contributed by atoms with E-state index < -0.39 is 73.6 Å². The van der Waals surface area contributed by atoms with Crippen molar-refractivity contribution in [2.24, 2.45) is 29.1 Å². The average Bonchev–Trinajstić information content (AvgIpc) is 4.19. The number of benzene rings is 1. The number of piperidine rings is 1. The van der Waals surface area contributed by atoms with Crippen LogP contribution in [0.4, 0.5) is 4.79 Å². The summed E-state index contributed by atoms with van der Waals surface area (Å²) in [7, 11) is -4.02. The van der Waals surface area contributed by atoms with E-state index in [0.717, 1.165) is 61.9 Å². The molecule has 3 saturated carbocycles. The molecule has 7 aliphatic rings. The Morgan fingerprint density at radius 3 is 2.48 bits per heavy atom. The van der Waals surface area contributed by atoms with Gasteiger partial charge in [0, 0.05) is 42.7 Å². The Morgan fingerprint density at radius 1 is 1.03 bits per heavy atom. The van der Waals surface area contributed by atoms with Crippen molar-refractivity contribution in [3.05, 3.63) is 42.5 Å². The van der Waals surface area contributed by atoms with Crippen LogP contribution in [0, 0.1) is 29.1 Å². The number of ether oxygens (including phenoxy) is 4. The van der Waals surface area contributed by atoms with Gasteiger partial charge in [0.1, 0.15) is 41.7 Å². The second-order valence-electron chi connectivity index (χ2n) is 20.4. The van der Waals surface area contributed by atoms with Gasteiger partial charge in [-0.05, 0) is 75.3 Å². The first-order valence-corrected chi connectivity index (χ1v) is 24.3. The quantitative estimate of drug-likeness (QED) is 0.279. The Kier molecular flexibility index (Phi) is 11.5. The summed E-state index contributed by atoms with van der Waals surface area (Å²) in [6.07, 6.45) is 5.75. The number of alkyl carbamates (subject to hydrolysis) is 1. The Labute approximate surface area is 369 Å². The topological polar surface area (TPSA) is 204 Å². The molecule has 3 aliphatic carbocycles. The molecule has 0 radical (unpaired) electrons. The van der Waals surface area contributed by atoms with Crippen LogP contribution in [0.25, 0.3) is 10.9 Å². The Morgan fingerprint density at radius 2 is 1.78 bits per heavy atom. The van der Waals surface area contributed by atoms with Gasteiger partial charge in [-0.15, -0.1) is 6.58 Å². The largest absolute Gasteiger partial charge is 0.488 e. The molecule has 9 atom stereocenters. The van der Waals surface area contributed by atoms with E-state index in [1.54, 1.807) is 6.92 Å². The molecule has 17 heteroatoms. The van der Waals surface area contributed by atoms with Crippen LogP contribution in [-0.2, 0) is 40.3 Å². The van der Waals surface area contributed by atoms with E-state index in [1.807, 2.05) is 45.0 Å². The van der Waals surface area contributed by atoms with Gasteiger partial charge in [-0.3, -0.25) is 19.1 Å². The smallest absolute Gasteiger partial charge is 0.408 e. The second-order valence-corrected chi connectivity index (χ2v) is 22.6. The first-order valence-electron chi connectivity index (χ1n) is 22.8. The van der Waals surface area contributed by atoms with Crippen molar-refractivity contribution in [1.29, 1.82) is 0 Å². The van der Waals surface area contributed by atoms with E-state index in [9.17, 15) is 27.6 Å². The summed E-state index contributed by atoms with van der Waals surface area (Å²) in [5, 5.41) is 10.1. The maximum Gasteiger partial charge on any atom is 0.408 e. The van der Waals surface area contributed by atoms with E-state index in [4.69, 9.17) is 23.9 Å². The van der Waals surface area contributed by atoms with E-state index in [1.165, 1.54) is 11.0 Å². The lowest BCUT2D eigenvalue weighted by Gasteiger charge is -2.42. The number of carbonyl (C=O) groups is 4. The summed E-state index contributed by atoms with van der Waals surface area (Å²) >= 11 is 0. The number of fused-ring (bicyclic) bond motifs is 7. The molecule has 342 valence electrons. The van der Waals surface area contributed by atoms with Gasteiger partial charge in [0.2, 0.25) is 27.7 Å². The summed E-state index contributed by atoms with van der Waals surface area (Å²) in [6, 6.07) is 5.59. The summed E-state index contributed by atoms with van der Waals surface area (Å²) in [4.78, 5) is 63.4. The lowest BCUT2D eigenvalue weighted by atomic mass is 9.85. The maximum absolute atomic E-state index is 14.9. The minimum atomic E-state index is -4.02. The molecule has 3 saturated heterocycles. The highest BCUT2D eigenvalue weighted by molar-refractivity contribution is 7.91. The molecule has 6 fully saturated rings. The fourth-order valence-electron chi connectivity index (χ4n) is 10.0. The minimum Gasteiger partial charge on any atom is -0.488 e. The molecule has 63 heavy (non-hydrogen) atoms. The van der Waals surface area contributed by atoms with Crippen LogP contribution in [0.2, 0.25) is 0 Å². The van der Waals surface area contributed by atoms with Crippen molar-refractivity contribution in [3.63, 3.8) is 0 Å². The maximum atomic E-state index is 14.9. The zero-order valence-corrected chi connectivity index (χ0v) is 37.6. The third-order valence-electron chi connectivity index (χ3n) is 14.6. The number of carbonyl (C=O) groups excluding carboxylic acids is 4. The summed E-state index contributed by atoms with van der Waals surface area (Å²) in [5.74, 6) is -0.891. The molecule has 4 bridgehead atoms. The monoisotopic (exact) mass is 890 g/mol. The van der Waals surface area contributed by atoms with Crippen LogP contribution >= 0.6 is 0 Å². The van der Waals surface area contributed by atoms with Gasteiger partial charge in [0.05, 0.1) is 35.6 Å². The molecular weight excluding hydrogens is 829 g/mol. The molecule has 4 amide bonds. The van der Waals surface area contributed by atoms with Crippen LogP contribution in [0.15, 0.2) is 36.9 Å². The van der Waals surface area contributed by atoms with Crippen LogP contribution in [-0.4, -0.2) is 116 Å². The van der Waals surface area contributed by atoms with E-state index in [2.05, 4.69) is 27.3 Å². The fraction of sp³-hybridized carbons (Fsp3) is 0.674. The number of nitrogens with zero attached hydrogens (tertiary/aromatic N) is 2. The number of aromatic nitrogens is 1. The molecule has 5 heterocycles. The number of hydrogen-bond acceptors (Lipinski definition) is 12. The van der Waals surface area contributed by atoms with Crippen molar-refractivity contribution >= 4 is 44.7 Å². The van der Waals surface area contributed by atoms with E-state index >= 15 is 0 Å². The molecule has 4 N–H and O–H groups in total. The van der Waals surface area contributed by atoms with Crippen molar-refractivity contribution in [1.82, 2.24) is 30.6 Å². The summed E-state index contributed by atoms with van der Waals surface area (Å²) in [6.45, 7) is 13.6. The number of pyridine rings is 1. The predicted octanol–water partition coefficient (Wildman–Crippen LogP) is 3.90. The van der Waals surface area contributed by atoms with Crippen molar-refractivity contribution in [2.75, 3.05) is 32.8 Å². The molecule has 1 aromatic carbocycles. The third-order valence-corrected chi connectivity index (χ3v) is 16.7. The first kappa shape index (κ1) is 43.8. The van der Waals surface area contributed by atoms with Crippen molar-refractivity contribution in [3.8, 4) is 11.6 Å². The first-order chi connectivity index (χ1) is 30.0. The Bertz CT molecular complexity index is 2260. The normalized spacial score (nSPS) is 34.0. The minimum absolute atomic E-state index is 0.0232. The SMILES string of the molecule is C=C[C@@H]1C[C@]1(NC(=O)[C@@H]1C[C@@H]2CN1C(=O)[C@H](C(C)(C)C)NC(=O)O[C@@H]1C[C@H]1CCCCCc1c(nc3ccccc3c1OC1C3CNCC1COC3)O2)C(=O)NS(=O)(=O)C1(C)CC1. The molecule has 2 unspecified atom stereocenters. The molecule has 1 aromatic heterocycles. The number of para-hydroxylation sites is 1. The van der Waals surface area contributed by atoms with Gasteiger partial charge < -0.3 is 39.8 Å². The summed E-state index contributed by atoms with van der Waals surface area (Å²) in [5.41, 5.74) is -0.874. The predicted molar refractivity (Wildman–Crippen MR) is 232 cm³/mol. The average molecular weight is 891 g/mol. The molecule has 2 aromatic rings. The zero-order valence-electron chi connectivity index (χ0n) is 36.8. The zero-order chi connectivity index (χ0) is 44.5. The third kappa shape index (κ3) is 8.61. The van der Waals surface area contributed by atoms with Gasteiger partial charge in [0.15, 0.2) is 0 Å². The molecule has 4 aliphatic heterocycles. The van der Waals surface area contributed by atoms with E-state index in [0.29, 0.717) is 43.9 Å². The molecular formula is C46H62N6O10S. The van der Waals surface area contributed by atoms with Crippen molar-refractivity contribution < 1.29 is 46.5 Å². The van der Waals surface area contributed by atoms with Crippen LogP contribution in [0.5, 0.6) is 11.6 Å². The van der Waals surface area contributed by atoms with Gasteiger partial charge in [-0.2, -0.15) is 0 Å². The highest BCUT2D eigenvalue weighted by Gasteiger charge is 2.63. The van der Waals surface area contributed by atoms with Gasteiger partial charge in [-0.1, -0.05) is 51.8 Å². The van der Waals surface area contributed by atoms with E-state index in [-0.39, 0.29) is 49.3 Å². The Balaban J connectivity index is 1.07. The molecule has 0 spiro atoms. The lowest BCUT2D eigenvalue weighted by Crippen LogP contribution is -2.60. The molecule has 9 rings (SSSR count). The number of hydrogen-bond donors (Lipinski definition) is 4. The fourth-order valence-corrected chi connectivity index (χ4v) is 11.4. The van der Waals surface area contributed by atoms with Gasteiger partial charge in [0.25, 0.3) is 5.91 Å². The lowest BCUT2D eigenvalue weighted by molar-refractivity contribution is -0.142. The number of amides is 4. The Hall–Kier alpha value is -4.48. The second kappa shape index (κ2) is 16.5. The number of nitrogens with one attached hydrogen (secondary N) is 4. The highest BCUT2D eigenvalue weighted by atomic mass is 32.2. The summed E-state index contributed by atoms with van der Waals surface area (Å²) < 4.78 is 53.5. The number of rotatable bonds is 8. The molecule has 16 nitrogen and oxygen atoms in total. The van der Waals surface area contributed by atoms with Crippen LogP contribution in [0.3, 0.4) is 0 Å². The van der Waals surface area contributed by atoms with Gasteiger partial charge >= 0.3 is 6.09 Å². The standard InChI is InChI=1S/C46H62N6O10S/c1-6-29-20-46(29,42(55)51-63(57,58)45(5)16-17-45)50-39(53)34-19-30-23-52(34)41(54)38(44(2,3)4)49-43(56)61-35-18-26(35)12-8-7-9-14-32-37(31-13-10-11-15-33(31)48-40(32)60-30)62-36-27-21-47-22-28(36)25-59-24-27/h6,10-11,13,15,26-30,34-36,38,47H,1,7-9,12,14,16-25H2,2-5H3,(H,49,56)(H,50,53)(H,51,55)/t26-,27?,28?,29-,30-,34+,35-,36?,38-,46-/m1/s1. The van der Waals surface area contributed by atoms with Crippen LogP contribution in [0.1, 0.15) is 91.0 Å².